The number of hydrogen-bond donors (Lipinski definition) is 1. The predicted molar refractivity (Wildman–Crippen MR) is 80.9 cm³/mol. The van der Waals surface area contributed by atoms with Crippen molar-refractivity contribution in [2.75, 3.05) is 26.2 Å². The van der Waals surface area contributed by atoms with Crippen LogP contribution in [0.3, 0.4) is 0 Å². The van der Waals surface area contributed by atoms with E-state index < -0.39 is 0 Å². The summed E-state index contributed by atoms with van der Waals surface area (Å²) in [7, 11) is 0. The standard InChI is InChI=1S/C16H34N2/c1-13(2)17-11-14(3)12-18-9-7-15(8-10-18)16(4,5)6/h13-15,17H,7-12H2,1-6H3. The summed E-state index contributed by atoms with van der Waals surface area (Å²) in [5, 5.41) is 3.54. The van der Waals surface area contributed by atoms with Crippen LogP contribution in [0.4, 0.5) is 0 Å². The Labute approximate surface area is 115 Å². The number of rotatable bonds is 5. The highest BCUT2D eigenvalue weighted by atomic mass is 15.1. The molecular weight excluding hydrogens is 220 g/mol. The van der Waals surface area contributed by atoms with Crippen molar-refractivity contribution >= 4 is 0 Å². The molecule has 2 nitrogen and oxygen atoms in total. The molecule has 0 bridgehead atoms. The first-order valence-corrected chi connectivity index (χ1v) is 7.74. The summed E-state index contributed by atoms with van der Waals surface area (Å²) in [6, 6.07) is 0.610. The van der Waals surface area contributed by atoms with Crippen molar-refractivity contribution in [3.8, 4) is 0 Å². The smallest absolute Gasteiger partial charge is 0.00191 e. The molecule has 0 spiro atoms. The van der Waals surface area contributed by atoms with Crippen LogP contribution in [0, 0.1) is 17.3 Å². The van der Waals surface area contributed by atoms with Gasteiger partial charge >= 0.3 is 0 Å². The molecule has 0 aromatic carbocycles. The molecule has 1 unspecified atom stereocenters. The SMILES string of the molecule is CC(CNC(C)C)CN1CCC(C(C)(C)C)CC1. The highest BCUT2D eigenvalue weighted by Gasteiger charge is 2.28. The molecule has 18 heavy (non-hydrogen) atoms. The van der Waals surface area contributed by atoms with Crippen LogP contribution in [0.25, 0.3) is 0 Å². The largest absolute Gasteiger partial charge is 0.314 e. The summed E-state index contributed by atoms with van der Waals surface area (Å²) in [5.74, 6) is 1.68. The Morgan fingerprint density at radius 1 is 1.11 bits per heavy atom. The number of hydrogen-bond acceptors (Lipinski definition) is 2. The maximum Gasteiger partial charge on any atom is 0.00191 e. The van der Waals surface area contributed by atoms with Crippen LogP contribution in [0.2, 0.25) is 0 Å². The van der Waals surface area contributed by atoms with Crippen LogP contribution in [0.1, 0.15) is 54.4 Å². The fraction of sp³-hybridized carbons (Fsp3) is 1.00. The molecule has 0 aliphatic carbocycles. The second-order valence-electron chi connectivity index (χ2n) is 7.61. The minimum Gasteiger partial charge on any atom is -0.314 e. The fourth-order valence-corrected chi connectivity index (χ4v) is 2.92. The summed E-state index contributed by atoms with van der Waals surface area (Å²) >= 11 is 0. The molecule has 0 amide bonds. The number of likely N-dealkylation sites (tertiary alicyclic amines) is 1. The van der Waals surface area contributed by atoms with Crippen LogP contribution < -0.4 is 5.32 Å². The molecule has 0 saturated carbocycles. The third kappa shape index (κ3) is 5.71. The van der Waals surface area contributed by atoms with Crippen molar-refractivity contribution in [3.05, 3.63) is 0 Å². The monoisotopic (exact) mass is 254 g/mol. The van der Waals surface area contributed by atoms with Crippen molar-refractivity contribution in [1.29, 1.82) is 0 Å². The maximum absolute atomic E-state index is 3.54. The molecule has 1 rings (SSSR count). The van der Waals surface area contributed by atoms with Crippen molar-refractivity contribution in [2.45, 2.75) is 60.4 Å². The van der Waals surface area contributed by atoms with E-state index in [1.54, 1.807) is 0 Å². The molecule has 1 fully saturated rings. The van der Waals surface area contributed by atoms with Gasteiger partial charge in [0.15, 0.2) is 0 Å². The van der Waals surface area contributed by atoms with Gasteiger partial charge in [-0.05, 0) is 49.7 Å². The summed E-state index contributed by atoms with van der Waals surface area (Å²) in [6.45, 7) is 19.0. The number of piperidine rings is 1. The Morgan fingerprint density at radius 2 is 1.67 bits per heavy atom. The van der Waals surface area contributed by atoms with Crippen LogP contribution in [-0.4, -0.2) is 37.1 Å². The molecule has 1 N–H and O–H groups in total. The lowest BCUT2D eigenvalue weighted by molar-refractivity contribution is 0.102. The van der Waals surface area contributed by atoms with E-state index in [1.807, 2.05) is 0 Å². The van der Waals surface area contributed by atoms with Gasteiger partial charge in [0.05, 0.1) is 0 Å². The van der Waals surface area contributed by atoms with E-state index in [0.717, 1.165) is 18.4 Å². The molecule has 2 heteroatoms. The average Bonchev–Trinajstić information content (AvgIpc) is 2.26. The third-order valence-electron chi connectivity index (χ3n) is 4.26. The first-order chi connectivity index (χ1) is 8.29. The zero-order chi connectivity index (χ0) is 13.8. The fourth-order valence-electron chi connectivity index (χ4n) is 2.92. The lowest BCUT2D eigenvalue weighted by Gasteiger charge is -2.39. The van der Waals surface area contributed by atoms with Crippen molar-refractivity contribution in [1.82, 2.24) is 10.2 Å². The molecule has 1 aliphatic rings. The van der Waals surface area contributed by atoms with Gasteiger partial charge in [0.1, 0.15) is 0 Å². The van der Waals surface area contributed by atoms with Gasteiger partial charge in [-0.1, -0.05) is 41.5 Å². The van der Waals surface area contributed by atoms with Gasteiger partial charge in [-0.15, -0.1) is 0 Å². The number of nitrogens with one attached hydrogen (secondary N) is 1. The molecule has 108 valence electrons. The van der Waals surface area contributed by atoms with Crippen molar-refractivity contribution < 1.29 is 0 Å². The quantitative estimate of drug-likeness (QED) is 0.809. The van der Waals surface area contributed by atoms with Crippen LogP contribution in [-0.2, 0) is 0 Å². The first-order valence-electron chi connectivity index (χ1n) is 7.74. The molecule has 0 aromatic heterocycles. The predicted octanol–water partition coefficient (Wildman–Crippen LogP) is 3.38. The highest BCUT2D eigenvalue weighted by Crippen LogP contribution is 2.34. The summed E-state index contributed by atoms with van der Waals surface area (Å²) in [6.07, 6.45) is 2.77. The molecule has 0 aromatic rings. The van der Waals surface area contributed by atoms with Gasteiger partial charge in [-0.25, -0.2) is 0 Å². The minimum atomic E-state index is 0.497. The second kappa shape index (κ2) is 6.91. The van der Waals surface area contributed by atoms with Gasteiger partial charge in [-0.3, -0.25) is 0 Å². The topological polar surface area (TPSA) is 15.3 Å². The van der Waals surface area contributed by atoms with Crippen molar-refractivity contribution in [3.63, 3.8) is 0 Å². The van der Waals surface area contributed by atoms with E-state index in [4.69, 9.17) is 0 Å². The van der Waals surface area contributed by atoms with Gasteiger partial charge < -0.3 is 10.2 Å². The summed E-state index contributed by atoms with van der Waals surface area (Å²) in [5.41, 5.74) is 0.497. The Bertz CT molecular complexity index is 222. The lowest BCUT2D eigenvalue weighted by atomic mass is 9.75. The van der Waals surface area contributed by atoms with E-state index in [0.29, 0.717) is 11.5 Å². The Hall–Kier alpha value is -0.0800. The van der Waals surface area contributed by atoms with Gasteiger partial charge in [0.2, 0.25) is 0 Å². The average molecular weight is 254 g/mol. The Balaban J connectivity index is 2.23. The van der Waals surface area contributed by atoms with Crippen LogP contribution in [0.5, 0.6) is 0 Å². The van der Waals surface area contributed by atoms with Crippen molar-refractivity contribution in [2.24, 2.45) is 17.3 Å². The van der Waals surface area contributed by atoms with E-state index in [2.05, 4.69) is 51.8 Å². The minimum absolute atomic E-state index is 0.497. The van der Waals surface area contributed by atoms with Gasteiger partial charge in [0, 0.05) is 12.6 Å². The van der Waals surface area contributed by atoms with Gasteiger partial charge in [0.25, 0.3) is 0 Å². The Kier molecular flexibility index (Phi) is 6.13. The van der Waals surface area contributed by atoms with E-state index in [9.17, 15) is 0 Å². The summed E-state index contributed by atoms with van der Waals surface area (Å²) in [4.78, 5) is 2.66. The first kappa shape index (κ1) is 16.0. The second-order valence-corrected chi connectivity index (χ2v) is 7.61. The van der Waals surface area contributed by atoms with Gasteiger partial charge in [-0.2, -0.15) is 0 Å². The van der Waals surface area contributed by atoms with E-state index in [-0.39, 0.29) is 0 Å². The zero-order valence-electron chi connectivity index (χ0n) is 13.4. The summed E-state index contributed by atoms with van der Waals surface area (Å²) < 4.78 is 0. The number of nitrogens with zero attached hydrogens (tertiary/aromatic N) is 1. The molecule has 1 aliphatic heterocycles. The normalized spacial score (nSPS) is 21.5. The molecule has 1 atom stereocenters. The van der Waals surface area contributed by atoms with Crippen LogP contribution >= 0.6 is 0 Å². The van der Waals surface area contributed by atoms with Crippen LogP contribution in [0.15, 0.2) is 0 Å². The lowest BCUT2D eigenvalue weighted by Crippen LogP contribution is -2.41. The highest BCUT2D eigenvalue weighted by molar-refractivity contribution is 4.81. The van der Waals surface area contributed by atoms with E-state index >= 15 is 0 Å². The molecule has 1 saturated heterocycles. The Morgan fingerprint density at radius 3 is 2.11 bits per heavy atom. The maximum atomic E-state index is 3.54. The molecule has 0 radical (unpaired) electrons. The molecular formula is C16H34N2. The zero-order valence-corrected chi connectivity index (χ0v) is 13.4. The van der Waals surface area contributed by atoms with E-state index in [1.165, 1.54) is 32.5 Å². The third-order valence-corrected chi connectivity index (χ3v) is 4.26. The molecule has 1 heterocycles.